The number of benzene rings is 2. The third-order valence-corrected chi connectivity index (χ3v) is 6.84. The Morgan fingerprint density at radius 1 is 1.09 bits per heavy atom. The van der Waals surface area contributed by atoms with Crippen molar-refractivity contribution in [3.63, 3.8) is 0 Å². The summed E-state index contributed by atoms with van der Waals surface area (Å²) in [5.74, 6) is 0. The van der Waals surface area contributed by atoms with Crippen molar-refractivity contribution in [2.75, 3.05) is 26.2 Å². The molecule has 0 radical (unpaired) electrons. The number of aromatic nitrogens is 1. The fourth-order valence-corrected chi connectivity index (χ4v) is 4.63. The van der Waals surface area contributed by atoms with Crippen molar-refractivity contribution in [1.82, 2.24) is 14.8 Å². The van der Waals surface area contributed by atoms with Crippen LogP contribution in [0.4, 0.5) is 5.69 Å². The summed E-state index contributed by atoms with van der Waals surface area (Å²) in [6, 6.07) is 13.3. The predicted molar refractivity (Wildman–Crippen MR) is 145 cm³/mol. The summed E-state index contributed by atoms with van der Waals surface area (Å²) in [5.41, 5.74) is 14.4. The molecule has 0 saturated carbocycles. The molecule has 2 heterocycles. The van der Waals surface area contributed by atoms with E-state index in [1.54, 1.807) is 12.1 Å². The van der Waals surface area contributed by atoms with E-state index in [0.717, 1.165) is 66.0 Å². The molecule has 0 amide bonds. The Bertz CT molecular complexity index is 1250. The van der Waals surface area contributed by atoms with Gasteiger partial charge in [0.15, 0.2) is 0 Å². The van der Waals surface area contributed by atoms with Crippen molar-refractivity contribution in [3.05, 3.63) is 83.2 Å². The van der Waals surface area contributed by atoms with E-state index in [-0.39, 0.29) is 29.6 Å². The molecule has 5 nitrogen and oxygen atoms in total. The number of unbranched alkanes of at least 4 members (excludes halogenated alkanes) is 1. The van der Waals surface area contributed by atoms with Gasteiger partial charge in [0.05, 0.1) is 16.2 Å². The Morgan fingerprint density at radius 2 is 1.80 bits per heavy atom. The second-order valence-corrected chi connectivity index (χ2v) is 9.17. The summed E-state index contributed by atoms with van der Waals surface area (Å²) in [4.78, 5) is 9.60. The van der Waals surface area contributed by atoms with E-state index in [2.05, 4.69) is 42.0 Å². The van der Waals surface area contributed by atoms with Crippen LogP contribution in [-0.4, -0.2) is 47.2 Å². The predicted octanol–water partition coefficient (Wildman–Crippen LogP) is 4.53. The van der Waals surface area contributed by atoms with Crippen molar-refractivity contribution >= 4 is 40.1 Å². The fourth-order valence-electron chi connectivity index (χ4n) is 4.37. The molecule has 1 aromatic heterocycles. The maximum atomic E-state index is 7.92. The number of nitrogens with one attached hydrogen (secondary N) is 2. The summed E-state index contributed by atoms with van der Waals surface area (Å²) in [7, 11) is 0. The zero-order valence-corrected chi connectivity index (χ0v) is 23.5. The number of nitrogens with zero attached hydrogens (tertiary/aromatic N) is 3. The minimum Gasteiger partial charge on any atom is -0.698 e. The standard InChI is InChI=1S/C28H31ClN5.Na/c1-4-5-6-19(2)33-11-13-34(14-12-33)20(3)21-7-9-24-25(29)17-27(32-28(24)16-21)22-8-10-26(31)23(15-22)18-30;/h7-10,15-18,30-31H,2-6,11-14H2,1H3;/q-1;+1. The van der Waals surface area contributed by atoms with Crippen molar-refractivity contribution in [2.45, 2.75) is 26.2 Å². The van der Waals surface area contributed by atoms with Crippen molar-refractivity contribution < 1.29 is 29.6 Å². The van der Waals surface area contributed by atoms with Crippen LogP contribution in [0.3, 0.4) is 0 Å². The smallest absolute Gasteiger partial charge is 0.698 e. The number of allylic oxidation sites excluding steroid dienone is 1. The van der Waals surface area contributed by atoms with E-state index in [1.165, 1.54) is 24.8 Å². The molecule has 0 unspecified atom stereocenters. The van der Waals surface area contributed by atoms with Gasteiger partial charge in [0.1, 0.15) is 0 Å². The number of hydrogen-bond donors (Lipinski definition) is 1. The minimum atomic E-state index is 0. The van der Waals surface area contributed by atoms with Gasteiger partial charge in [-0.25, -0.2) is 4.98 Å². The molecule has 35 heavy (non-hydrogen) atoms. The molecule has 7 heteroatoms. The molecular formula is C28H31ClN5Na. The number of rotatable bonds is 8. The quantitative estimate of drug-likeness (QED) is 0.368. The number of fused-ring (bicyclic) bond motifs is 1. The number of hydrogen-bond acceptors (Lipinski definition) is 4. The van der Waals surface area contributed by atoms with E-state index in [0.29, 0.717) is 16.3 Å². The molecule has 1 aliphatic heterocycles. The molecule has 2 aromatic carbocycles. The van der Waals surface area contributed by atoms with Gasteiger partial charge in [0, 0.05) is 54.7 Å². The third kappa shape index (κ3) is 6.10. The normalized spacial score (nSPS) is 13.4. The average Bonchev–Trinajstić information content (AvgIpc) is 2.86. The zero-order chi connectivity index (χ0) is 24.2. The van der Waals surface area contributed by atoms with Gasteiger partial charge >= 0.3 is 29.6 Å². The topological polar surface area (TPSA) is 67.0 Å². The molecule has 176 valence electrons. The number of pyridine rings is 1. The Balaban J connectivity index is 0.00000342. The SMILES string of the molecule is C=C(CCCC)N1CCN(C(=C)c2ccc3c(Cl)cc(-c4ccc([NH-])c(C=N)c4)nc3c2)CC1.[Na+]. The fraction of sp³-hybridized carbons (Fsp3) is 0.286. The van der Waals surface area contributed by atoms with E-state index in [9.17, 15) is 0 Å². The molecule has 0 spiro atoms. The van der Waals surface area contributed by atoms with E-state index < -0.39 is 0 Å². The molecule has 3 aromatic rings. The van der Waals surface area contributed by atoms with Gasteiger partial charge in [-0.1, -0.05) is 62.4 Å². The first-order valence-electron chi connectivity index (χ1n) is 11.7. The van der Waals surface area contributed by atoms with Crippen LogP contribution >= 0.6 is 11.6 Å². The average molecular weight is 496 g/mol. The van der Waals surface area contributed by atoms with Crippen LogP contribution in [0.15, 0.2) is 61.3 Å². The van der Waals surface area contributed by atoms with E-state index >= 15 is 0 Å². The van der Waals surface area contributed by atoms with Crippen LogP contribution < -0.4 is 29.6 Å². The van der Waals surface area contributed by atoms with Crippen molar-refractivity contribution in [2.24, 2.45) is 0 Å². The zero-order valence-electron chi connectivity index (χ0n) is 20.7. The summed E-state index contributed by atoms with van der Waals surface area (Å²) in [6.45, 7) is 14.6. The molecule has 1 fully saturated rings. The second kappa shape index (κ2) is 12.1. The van der Waals surface area contributed by atoms with Gasteiger partial charge in [-0.3, -0.25) is 0 Å². The molecule has 1 aliphatic rings. The Labute approximate surface area is 235 Å². The molecule has 0 bridgehead atoms. The molecular weight excluding hydrogens is 465 g/mol. The molecule has 2 N–H and O–H groups in total. The maximum absolute atomic E-state index is 7.92. The van der Waals surface area contributed by atoms with Crippen molar-refractivity contribution in [3.8, 4) is 11.3 Å². The Hall–Kier alpha value is -2.31. The molecule has 1 saturated heterocycles. The summed E-state index contributed by atoms with van der Waals surface area (Å²) < 4.78 is 0. The molecule has 0 aliphatic carbocycles. The number of halogens is 1. The first-order valence-corrected chi connectivity index (χ1v) is 12.1. The van der Waals surface area contributed by atoms with Gasteiger partial charge in [-0.05, 0) is 42.2 Å². The van der Waals surface area contributed by atoms with Crippen LogP contribution in [0.2, 0.25) is 5.02 Å². The van der Waals surface area contributed by atoms with Gasteiger partial charge in [-0.15, -0.1) is 5.69 Å². The second-order valence-electron chi connectivity index (χ2n) is 8.76. The first kappa shape index (κ1) is 27.3. The number of piperazine rings is 1. The summed E-state index contributed by atoms with van der Waals surface area (Å²) >= 11 is 6.61. The monoisotopic (exact) mass is 495 g/mol. The van der Waals surface area contributed by atoms with Crippen LogP contribution in [0.25, 0.3) is 33.6 Å². The minimum absolute atomic E-state index is 0. The Morgan fingerprint density at radius 3 is 2.49 bits per heavy atom. The van der Waals surface area contributed by atoms with Gasteiger partial charge in [0.25, 0.3) is 0 Å². The summed E-state index contributed by atoms with van der Waals surface area (Å²) in [6.07, 6.45) is 4.64. The van der Waals surface area contributed by atoms with Gasteiger partial charge in [0.2, 0.25) is 0 Å². The molecule has 4 rings (SSSR count). The van der Waals surface area contributed by atoms with E-state index in [1.807, 2.05) is 18.2 Å². The third-order valence-electron chi connectivity index (χ3n) is 6.52. The summed E-state index contributed by atoms with van der Waals surface area (Å²) in [5, 5.41) is 9.06. The molecule has 0 atom stereocenters. The van der Waals surface area contributed by atoms with Crippen LogP contribution in [0, 0.1) is 5.41 Å². The largest absolute Gasteiger partial charge is 1.00 e. The van der Waals surface area contributed by atoms with Crippen LogP contribution in [0.5, 0.6) is 0 Å². The Kier molecular flexibility index (Phi) is 9.42. The van der Waals surface area contributed by atoms with Crippen molar-refractivity contribution in [1.29, 1.82) is 5.41 Å². The first-order chi connectivity index (χ1) is 16.4. The van der Waals surface area contributed by atoms with E-state index in [4.69, 9.17) is 27.7 Å². The van der Waals surface area contributed by atoms with Crippen LogP contribution in [-0.2, 0) is 0 Å². The van der Waals surface area contributed by atoms with Crippen LogP contribution in [0.1, 0.15) is 37.3 Å². The van der Waals surface area contributed by atoms with Gasteiger partial charge < -0.3 is 20.9 Å². The van der Waals surface area contributed by atoms with Gasteiger partial charge in [-0.2, -0.15) is 0 Å². The maximum Gasteiger partial charge on any atom is 1.00 e.